The lowest BCUT2D eigenvalue weighted by Gasteiger charge is -2.28. The third-order valence-corrected chi connectivity index (χ3v) is 8.21. The molecule has 3 N–H and O–H groups in total. The van der Waals surface area contributed by atoms with E-state index in [-0.39, 0.29) is 30.1 Å². The molecule has 190 valence electrons. The lowest BCUT2D eigenvalue weighted by atomic mass is 9.88. The molecule has 2 atom stereocenters. The summed E-state index contributed by atoms with van der Waals surface area (Å²) < 4.78 is 1.84. The highest BCUT2D eigenvalue weighted by Gasteiger charge is 2.28. The number of fused-ring (bicyclic) bond motifs is 1. The Morgan fingerprint density at radius 3 is 2.54 bits per heavy atom. The Labute approximate surface area is 215 Å². The molecule has 0 saturated heterocycles. The average Bonchev–Trinajstić information content (AvgIpc) is 3.19. The number of imidazole rings is 1. The van der Waals surface area contributed by atoms with Crippen molar-refractivity contribution in [3.63, 3.8) is 0 Å². The number of alkyl halides is 1. The summed E-state index contributed by atoms with van der Waals surface area (Å²) in [5.41, 5.74) is 7.70. The summed E-state index contributed by atoms with van der Waals surface area (Å²) in [7, 11) is 0. The number of nitrogens with zero attached hydrogens (tertiary/aromatic N) is 3. The van der Waals surface area contributed by atoms with Gasteiger partial charge in [-0.05, 0) is 57.2 Å². The largest absolute Gasteiger partial charge is 0.370 e. The lowest BCUT2D eigenvalue weighted by Crippen LogP contribution is -2.37. The average molecular weight is 547 g/mol. The highest BCUT2D eigenvalue weighted by molar-refractivity contribution is 9.09. The summed E-state index contributed by atoms with van der Waals surface area (Å²) in [4.78, 5) is 44.7. The van der Waals surface area contributed by atoms with Gasteiger partial charge in [-0.25, -0.2) is 4.98 Å². The maximum Gasteiger partial charge on any atom is 0.230 e. The van der Waals surface area contributed by atoms with E-state index in [0.717, 1.165) is 62.6 Å². The SMILES string of the molecule is CCN(C(=O)C1CCCCC1)c1ccc2c(c1)nc(NC(=O)C1CCCC(Br)C1)n2CCC(N)=O. The Hall–Kier alpha value is -2.42. The molecule has 1 heterocycles. The number of carbonyl (C=O) groups excluding carboxylic acids is 3. The van der Waals surface area contributed by atoms with Crippen LogP contribution in [0.4, 0.5) is 11.6 Å². The first-order valence-corrected chi connectivity index (χ1v) is 13.8. The minimum absolute atomic E-state index is 0.0485. The standard InChI is InChI=1S/C26H36BrN5O3/c1-2-31(25(35)17-7-4-3-5-8-17)20-11-12-22-21(16-20)29-26(32(22)14-13-23(28)33)30-24(34)18-9-6-10-19(27)15-18/h11-12,16-19H,2-10,13-15H2,1H3,(H2,28,33)(H,29,30,34). The molecule has 0 spiro atoms. The van der Waals surface area contributed by atoms with Gasteiger partial charge in [-0.2, -0.15) is 0 Å². The molecule has 2 unspecified atom stereocenters. The molecule has 0 radical (unpaired) electrons. The van der Waals surface area contributed by atoms with Crippen LogP contribution in [0.1, 0.15) is 71.1 Å². The second-order valence-corrected chi connectivity index (χ2v) is 11.1. The van der Waals surface area contributed by atoms with Crippen molar-refractivity contribution in [2.45, 2.75) is 82.5 Å². The van der Waals surface area contributed by atoms with Gasteiger partial charge in [0.05, 0.1) is 11.0 Å². The second-order valence-electron chi connectivity index (χ2n) is 9.84. The highest BCUT2D eigenvalue weighted by Crippen LogP contribution is 2.32. The van der Waals surface area contributed by atoms with Gasteiger partial charge in [0.15, 0.2) is 0 Å². The Bertz CT molecular complexity index is 1080. The molecule has 0 aliphatic heterocycles. The van der Waals surface area contributed by atoms with Crippen LogP contribution in [0, 0.1) is 11.8 Å². The normalized spacial score (nSPS) is 21.1. The predicted molar refractivity (Wildman–Crippen MR) is 141 cm³/mol. The number of hydrogen-bond donors (Lipinski definition) is 2. The Morgan fingerprint density at radius 1 is 1.11 bits per heavy atom. The third-order valence-electron chi connectivity index (χ3n) is 7.38. The van der Waals surface area contributed by atoms with Crippen molar-refractivity contribution in [1.82, 2.24) is 9.55 Å². The van der Waals surface area contributed by atoms with E-state index in [9.17, 15) is 14.4 Å². The number of primary amides is 1. The molecule has 35 heavy (non-hydrogen) atoms. The van der Waals surface area contributed by atoms with Gasteiger partial charge in [-0.1, -0.05) is 41.6 Å². The number of nitrogens with one attached hydrogen (secondary N) is 1. The molecule has 2 aromatic rings. The van der Waals surface area contributed by atoms with Gasteiger partial charge in [-0.3, -0.25) is 19.7 Å². The number of carbonyl (C=O) groups is 3. The molecule has 3 amide bonds. The molecule has 2 saturated carbocycles. The first-order chi connectivity index (χ1) is 16.9. The number of anilines is 2. The van der Waals surface area contributed by atoms with Gasteiger partial charge >= 0.3 is 0 Å². The second kappa shape index (κ2) is 11.5. The number of halogens is 1. The number of rotatable bonds is 8. The van der Waals surface area contributed by atoms with Gasteiger partial charge in [-0.15, -0.1) is 0 Å². The zero-order valence-electron chi connectivity index (χ0n) is 20.5. The van der Waals surface area contributed by atoms with E-state index in [1.54, 1.807) is 0 Å². The fraction of sp³-hybridized carbons (Fsp3) is 0.615. The van der Waals surface area contributed by atoms with Crippen molar-refractivity contribution in [3.8, 4) is 0 Å². The number of aromatic nitrogens is 2. The van der Waals surface area contributed by atoms with Crippen LogP contribution in [-0.2, 0) is 20.9 Å². The number of nitrogens with two attached hydrogens (primary N) is 1. The molecule has 1 aromatic carbocycles. The first-order valence-electron chi connectivity index (χ1n) is 12.9. The van der Waals surface area contributed by atoms with Crippen LogP contribution in [-0.4, -0.2) is 38.6 Å². The minimum atomic E-state index is -0.412. The van der Waals surface area contributed by atoms with Gasteiger partial charge in [0.1, 0.15) is 0 Å². The van der Waals surface area contributed by atoms with Crippen LogP contribution in [0.15, 0.2) is 18.2 Å². The quantitative estimate of drug-likeness (QED) is 0.466. The van der Waals surface area contributed by atoms with Crippen molar-refractivity contribution in [2.75, 3.05) is 16.8 Å². The third kappa shape index (κ3) is 6.05. The van der Waals surface area contributed by atoms with E-state index >= 15 is 0 Å². The lowest BCUT2D eigenvalue weighted by molar-refractivity contribution is -0.123. The maximum atomic E-state index is 13.3. The van der Waals surface area contributed by atoms with E-state index in [4.69, 9.17) is 10.7 Å². The molecule has 2 aliphatic rings. The van der Waals surface area contributed by atoms with E-state index in [0.29, 0.717) is 29.4 Å². The summed E-state index contributed by atoms with van der Waals surface area (Å²) in [6.45, 7) is 2.90. The smallest absolute Gasteiger partial charge is 0.230 e. The number of benzene rings is 1. The van der Waals surface area contributed by atoms with Crippen LogP contribution >= 0.6 is 15.9 Å². The Morgan fingerprint density at radius 2 is 1.86 bits per heavy atom. The molecule has 9 heteroatoms. The molecular formula is C26H36BrN5O3. The monoisotopic (exact) mass is 545 g/mol. The fourth-order valence-corrected chi connectivity index (χ4v) is 6.22. The van der Waals surface area contributed by atoms with E-state index in [2.05, 4.69) is 21.2 Å². The Kier molecular flexibility index (Phi) is 8.46. The summed E-state index contributed by atoms with van der Waals surface area (Å²) in [6, 6.07) is 5.75. The number of amides is 3. The van der Waals surface area contributed by atoms with Crippen molar-refractivity contribution >= 4 is 56.3 Å². The van der Waals surface area contributed by atoms with Crippen molar-refractivity contribution < 1.29 is 14.4 Å². The highest BCUT2D eigenvalue weighted by atomic mass is 79.9. The Balaban J connectivity index is 1.62. The van der Waals surface area contributed by atoms with Crippen LogP contribution in [0.25, 0.3) is 11.0 Å². The summed E-state index contributed by atoms with van der Waals surface area (Å²) in [5.74, 6) is 0.141. The van der Waals surface area contributed by atoms with Gasteiger partial charge in [0, 0.05) is 41.9 Å². The van der Waals surface area contributed by atoms with Crippen LogP contribution in [0.5, 0.6) is 0 Å². The molecule has 1 aromatic heterocycles. The first kappa shape index (κ1) is 25.7. The molecule has 2 fully saturated rings. The molecule has 2 aliphatic carbocycles. The van der Waals surface area contributed by atoms with Crippen LogP contribution < -0.4 is 16.0 Å². The van der Waals surface area contributed by atoms with Crippen molar-refractivity contribution in [2.24, 2.45) is 17.6 Å². The maximum absolute atomic E-state index is 13.3. The topological polar surface area (TPSA) is 110 Å². The number of aryl methyl sites for hydroxylation is 1. The minimum Gasteiger partial charge on any atom is -0.370 e. The zero-order valence-corrected chi connectivity index (χ0v) is 22.1. The zero-order chi connectivity index (χ0) is 24.9. The van der Waals surface area contributed by atoms with Crippen LogP contribution in [0.2, 0.25) is 0 Å². The fourth-order valence-electron chi connectivity index (χ4n) is 5.45. The van der Waals surface area contributed by atoms with E-state index in [1.807, 2.05) is 34.6 Å². The van der Waals surface area contributed by atoms with Crippen molar-refractivity contribution in [3.05, 3.63) is 18.2 Å². The van der Waals surface area contributed by atoms with Gasteiger partial charge in [0.2, 0.25) is 23.7 Å². The summed E-state index contributed by atoms with van der Waals surface area (Å²) in [5, 5.41) is 3.01. The molecule has 0 bridgehead atoms. The van der Waals surface area contributed by atoms with E-state index in [1.165, 1.54) is 6.42 Å². The molecule has 8 nitrogen and oxygen atoms in total. The molecule has 4 rings (SSSR count). The summed E-state index contributed by atoms with van der Waals surface area (Å²) >= 11 is 3.65. The van der Waals surface area contributed by atoms with Crippen LogP contribution in [0.3, 0.4) is 0 Å². The van der Waals surface area contributed by atoms with Gasteiger partial charge < -0.3 is 15.2 Å². The van der Waals surface area contributed by atoms with E-state index < -0.39 is 5.91 Å². The van der Waals surface area contributed by atoms with Gasteiger partial charge in [0.25, 0.3) is 0 Å². The van der Waals surface area contributed by atoms with Crippen molar-refractivity contribution in [1.29, 1.82) is 0 Å². The molecular weight excluding hydrogens is 510 g/mol. The summed E-state index contributed by atoms with van der Waals surface area (Å²) in [6.07, 6.45) is 9.21. The number of hydrogen-bond acceptors (Lipinski definition) is 4. The predicted octanol–water partition coefficient (Wildman–Crippen LogP) is 4.74.